The first-order chi connectivity index (χ1) is 8.29. The average molecular weight is 247 g/mol. The highest BCUT2D eigenvalue weighted by Gasteiger charge is 2.17. The van der Waals surface area contributed by atoms with Gasteiger partial charge in [-0.1, -0.05) is 6.92 Å². The maximum absolute atomic E-state index is 5.87. The summed E-state index contributed by atoms with van der Waals surface area (Å²) in [5, 5.41) is 7.22. The normalized spacial score (nSPS) is 14.9. The summed E-state index contributed by atoms with van der Waals surface area (Å²) in [5.41, 5.74) is 9.69. The summed E-state index contributed by atoms with van der Waals surface area (Å²) in [6.07, 6.45) is 6.07. The van der Waals surface area contributed by atoms with Crippen LogP contribution in [0.2, 0.25) is 0 Å². The number of aromatic nitrogens is 2. The highest BCUT2D eigenvalue weighted by Crippen LogP contribution is 2.37. The number of aromatic amines is 1. The zero-order valence-electron chi connectivity index (χ0n) is 10.0. The highest BCUT2D eigenvalue weighted by molar-refractivity contribution is 7.15. The Hall–Kier alpha value is -1.29. The maximum atomic E-state index is 5.87. The van der Waals surface area contributed by atoms with Crippen molar-refractivity contribution >= 4 is 17.2 Å². The number of H-pyrrole nitrogens is 1. The fraction of sp³-hybridized carbons (Fsp3) is 0.462. The van der Waals surface area contributed by atoms with Gasteiger partial charge in [-0.15, -0.1) is 11.3 Å². The summed E-state index contributed by atoms with van der Waals surface area (Å²) in [6, 6.07) is 2.32. The molecule has 0 radical (unpaired) electrons. The molecule has 0 bridgehead atoms. The third-order valence-electron chi connectivity index (χ3n) is 3.50. The minimum atomic E-state index is 0.647. The van der Waals surface area contributed by atoms with Crippen LogP contribution in [-0.4, -0.2) is 10.2 Å². The second-order valence-electron chi connectivity index (χ2n) is 4.58. The van der Waals surface area contributed by atoms with Crippen LogP contribution >= 0.6 is 11.3 Å². The molecule has 0 spiro atoms. The molecule has 1 aliphatic rings. The van der Waals surface area contributed by atoms with Crippen molar-refractivity contribution in [1.82, 2.24) is 10.2 Å². The molecule has 0 saturated carbocycles. The molecule has 0 unspecified atom stereocenters. The SMILES string of the molecule is CCc1c(N)n[nH]c1-c1cc2c(s1)CCCC2. The van der Waals surface area contributed by atoms with E-state index >= 15 is 0 Å². The van der Waals surface area contributed by atoms with Crippen molar-refractivity contribution in [2.75, 3.05) is 5.73 Å². The second-order valence-corrected chi connectivity index (χ2v) is 5.72. The molecular formula is C13H17N3S. The summed E-state index contributed by atoms with van der Waals surface area (Å²) >= 11 is 1.90. The van der Waals surface area contributed by atoms with Gasteiger partial charge in [-0.3, -0.25) is 5.10 Å². The van der Waals surface area contributed by atoms with E-state index in [2.05, 4.69) is 23.2 Å². The number of anilines is 1. The van der Waals surface area contributed by atoms with E-state index in [0.29, 0.717) is 5.82 Å². The van der Waals surface area contributed by atoms with Gasteiger partial charge in [-0.05, 0) is 43.7 Å². The van der Waals surface area contributed by atoms with Gasteiger partial charge in [0.15, 0.2) is 0 Å². The fourth-order valence-electron chi connectivity index (χ4n) is 2.55. The standard InChI is InChI=1S/C13H17N3S/c1-2-9-12(15-16-13(9)14)11-7-8-5-3-4-6-10(8)17-11/h7H,2-6H2,1H3,(H3,14,15,16). The fourth-order valence-corrected chi connectivity index (χ4v) is 3.83. The van der Waals surface area contributed by atoms with Gasteiger partial charge >= 0.3 is 0 Å². The Kier molecular flexibility index (Phi) is 2.67. The highest BCUT2D eigenvalue weighted by atomic mass is 32.1. The molecule has 3 rings (SSSR count). The molecule has 0 fully saturated rings. The molecule has 0 aliphatic heterocycles. The third-order valence-corrected chi connectivity index (χ3v) is 4.75. The molecule has 2 aromatic rings. The number of hydrogen-bond donors (Lipinski definition) is 2. The zero-order valence-corrected chi connectivity index (χ0v) is 10.9. The average Bonchev–Trinajstić information content (AvgIpc) is 2.91. The van der Waals surface area contributed by atoms with Crippen LogP contribution in [0.5, 0.6) is 0 Å². The zero-order chi connectivity index (χ0) is 11.8. The first-order valence-electron chi connectivity index (χ1n) is 6.24. The van der Waals surface area contributed by atoms with Gasteiger partial charge in [-0.25, -0.2) is 0 Å². The number of nitrogens with two attached hydrogens (primary N) is 1. The molecule has 2 aromatic heterocycles. The van der Waals surface area contributed by atoms with Crippen molar-refractivity contribution < 1.29 is 0 Å². The molecule has 4 heteroatoms. The Balaban J connectivity index is 2.06. The Morgan fingerprint density at radius 1 is 1.41 bits per heavy atom. The number of thiophene rings is 1. The lowest BCUT2D eigenvalue weighted by Crippen LogP contribution is -1.96. The van der Waals surface area contributed by atoms with Crippen molar-refractivity contribution in [1.29, 1.82) is 0 Å². The number of rotatable bonds is 2. The van der Waals surface area contributed by atoms with E-state index in [1.165, 1.54) is 36.1 Å². The number of nitrogens with zero attached hydrogens (tertiary/aromatic N) is 1. The Bertz CT molecular complexity index is 515. The van der Waals surface area contributed by atoms with E-state index in [1.807, 2.05) is 11.3 Å². The van der Waals surface area contributed by atoms with Crippen molar-refractivity contribution in [3.05, 3.63) is 22.1 Å². The molecule has 0 atom stereocenters. The van der Waals surface area contributed by atoms with Gasteiger partial charge < -0.3 is 5.73 Å². The minimum absolute atomic E-state index is 0.647. The lowest BCUT2D eigenvalue weighted by Gasteiger charge is -2.08. The lowest BCUT2D eigenvalue weighted by molar-refractivity contribution is 0.697. The third kappa shape index (κ3) is 1.76. The Morgan fingerprint density at radius 2 is 2.24 bits per heavy atom. The number of nitrogen functional groups attached to an aromatic ring is 1. The largest absolute Gasteiger partial charge is 0.382 e. The van der Waals surface area contributed by atoms with Gasteiger partial charge in [0.2, 0.25) is 0 Å². The van der Waals surface area contributed by atoms with Crippen LogP contribution in [0.25, 0.3) is 10.6 Å². The first kappa shape index (κ1) is 10.8. The Labute approximate surface area is 105 Å². The van der Waals surface area contributed by atoms with Crippen LogP contribution < -0.4 is 5.73 Å². The molecule has 17 heavy (non-hydrogen) atoms. The lowest BCUT2D eigenvalue weighted by atomic mass is 9.99. The van der Waals surface area contributed by atoms with Crippen LogP contribution in [-0.2, 0) is 19.3 Å². The van der Waals surface area contributed by atoms with E-state index < -0.39 is 0 Å². The number of aryl methyl sites for hydroxylation is 2. The van der Waals surface area contributed by atoms with Crippen LogP contribution in [0.3, 0.4) is 0 Å². The molecule has 90 valence electrons. The smallest absolute Gasteiger partial charge is 0.149 e. The topological polar surface area (TPSA) is 54.7 Å². The van der Waals surface area contributed by atoms with Gasteiger partial charge in [-0.2, -0.15) is 5.10 Å². The number of hydrogen-bond acceptors (Lipinski definition) is 3. The molecular weight excluding hydrogens is 230 g/mol. The minimum Gasteiger partial charge on any atom is -0.382 e. The van der Waals surface area contributed by atoms with Crippen LogP contribution in [0, 0.1) is 0 Å². The van der Waals surface area contributed by atoms with Gasteiger partial charge in [0, 0.05) is 10.4 Å². The van der Waals surface area contributed by atoms with Gasteiger partial charge in [0.05, 0.1) is 10.6 Å². The summed E-state index contributed by atoms with van der Waals surface area (Å²) in [6.45, 7) is 2.12. The van der Waals surface area contributed by atoms with Crippen molar-refractivity contribution in [2.45, 2.75) is 39.0 Å². The molecule has 3 N–H and O–H groups in total. The predicted octanol–water partition coefficient (Wildman–Crippen LogP) is 3.16. The van der Waals surface area contributed by atoms with E-state index in [4.69, 9.17) is 5.73 Å². The quantitative estimate of drug-likeness (QED) is 0.856. The molecule has 1 aliphatic carbocycles. The van der Waals surface area contributed by atoms with E-state index in [0.717, 1.165) is 17.7 Å². The van der Waals surface area contributed by atoms with Crippen molar-refractivity contribution in [2.24, 2.45) is 0 Å². The van der Waals surface area contributed by atoms with Gasteiger partial charge in [0.25, 0.3) is 0 Å². The summed E-state index contributed by atoms with van der Waals surface area (Å²) in [7, 11) is 0. The van der Waals surface area contributed by atoms with Crippen LogP contribution in [0.15, 0.2) is 6.07 Å². The first-order valence-corrected chi connectivity index (χ1v) is 7.06. The number of fused-ring (bicyclic) bond motifs is 1. The molecule has 3 nitrogen and oxygen atoms in total. The molecule has 2 heterocycles. The molecule has 0 aromatic carbocycles. The summed E-state index contributed by atoms with van der Waals surface area (Å²) < 4.78 is 0. The number of nitrogens with one attached hydrogen (secondary N) is 1. The van der Waals surface area contributed by atoms with Crippen LogP contribution in [0.1, 0.15) is 35.8 Å². The van der Waals surface area contributed by atoms with E-state index in [-0.39, 0.29) is 0 Å². The van der Waals surface area contributed by atoms with Crippen LogP contribution in [0.4, 0.5) is 5.82 Å². The Morgan fingerprint density at radius 3 is 3.00 bits per heavy atom. The maximum Gasteiger partial charge on any atom is 0.149 e. The van der Waals surface area contributed by atoms with Gasteiger partial charge in [0.1, 0.15) is 5.82 Å². The monoisotopic (exact) mass is 247 g/mol. The van der Waals surface area contributed by atoms with Crippen molar-refractivity contribution in [3.63, 3.8) is 0 Å². The predicted molar refractivity (Wildman–Crippen MR) is 72.3 cm³/mol. The van der Waals surface area contributed by atoms with E-state index in [1.54, 1.807) is 4.88 Å². The molecule has 0 saturated heterocycles. The summed E-state index contributed by atoms with van der Waals surface area (Å²) in [5.74, 6) is 0.647. The van der Waals surface area contributed by atoms with Crippen molar-refractivity contribution in [3.8, 4) is 10.6 Å². The van der Waals surface area contributed by atoms with E-state index in [9.17, 15) is 0 Å². The summed E-state index contributed by atoms with van der Waals surface area (Å²) in [4.78, 5) is 2.86. The second kappa shape index (κ2) is 4.18. The molecule has 0 amide bonds.